The molecule has 0 bridgehead atoms. The van der Waals surface area contributed by atoms with Crippen molar-refractivity contribution in [1.82, 2.24) is 0 Å². The predicted molar refractivity (Wildman–Crippen MR) is 80.9 cm³/mol. The molecule has 0 atom stereocenters. The van der Waals surface area contributed by atoms with Crippen molar-refractivity contribution in [2.45, 2.75) is 13.8 Å². The number of Topliss-reactive ketones (excluding diaryl/α,β-unsaturated/α-hetero) is 2. The maximum absolute atomic E-state index is 12.6. The molecule has 0 N–H and O–H groups in total. The van der Waals surface area contributed by atoms with E-state index >= 15 is 0 Å². The molecule has 0 amide bonds. The number of carbonyl (C=O) groups excluding carboxylic acids is 2. The molecule has 1 aliphatic rings. The SMILES string of the molecule is Cc1coc2c1C(=O)C(=O)c1c-2ccc2c(C)cccc12.[H-].[Na+]. The number of fused-ring (bicyclic) bond motifs is 5. The van der Waals surface area contributed by atoms with Crippen LogP contribution >= 0.6 is 0 Å². The predicted octanol–water partition coefficient (Wildman–Crippen LogP) is 1.21. The van der Waals surface area contributed by atoms with Crippen LogP contribution in [0.5, 0.6) is 0 Å². The summed E-state index contributed by atoms with van der Waals surface area (Å²) < 4.78 is 5.54. The number of benzene rings is 2. The van der Waals surface area contributed by atoms with Gasteiger partial charge in [0.2, 0.25) is 11.6 Å². The van der Waals surface area contributed by atoms with Gasteiger partial charge in [-0.25, -0.2) is 0 Å². The summed E-state index contributed by atoms with van der Waals surface area (Å²) in [5, 5.41) is 1.80. The van der Waals surface area contributed by atoms with Crippen molar-refractivity contribution < 1.29 is 45.0 Å². The molecule has 3 aromatic rings. The summed E-state index contributed by atoms with van der Waals surface area (Å²) in [6, 6.07) is 9.63. The van der Waals surface area contributed by atoms with E-state index in [9.17, 15) is 9.59 Å². The van der Waals surface area contributed by atoms with E-state index in [1.54, 1.807) is 6.92 Å². The Morgan fingerprint density at radius 3 is 2.36 bits per heavy atom. The zero-order valence-corrected chi connectivity index (χ0v) is 14.7. The van der Waals surface area contributed by atoms with Crippen LogP contribution in [0.1, 0.15) is 33.3 Å². The Kier molecular flexibility index (Phi) is 3.60. The Labute approximate surface area is 151 Å². The monoisotopic (exact) mass is 300 g/mol. The number of ketones is 2. The van der Waals surface area contributed by atoms with Crippen LogP contribution in [0.2, 0.25) is 0 Å². The third kappa shape index (κ3) is 1.86. The van der Waals surface area contributed by atoms with Gasteiger partial charge < -0.3 is 5.84 Å². The van der Waals surface area contributed by atoms with Crippen LogP contribution in [0.15, 0.2) is 41.0 Å². The van der Waals surface area contributed by atoms with Crippen LogP contribution in [0.4, 0.5) is 0 Å². The van der Waals surface area contributed by atoms with Crippen LogP contribution in [0.25, 0.3) is 22.1 Å². The van der Waals surface area contributed by atoms with Gasteiger partial charge in [-0.3, -0.25) is 9.59 Å². The summed E-state index contributed by atoms with van der Waals surface area (Å²) in [4.78, 5) is 24.9. The molecule has 22 heavy (non-hydrogen) atoms. The molecule has 1 heterocycles. The summed E-state index contributed by atoms with van der Waals surface area (Å²) in [7, 11) is 0. The maximum atomic E-state index is 12.6. The summed E-state index contributed by atoms with van der Waals surface area (Å²) in [5.41, 5.74) is 3.36. The minimum absolute atomic E-state index is 0. The summed E-state index contributed by atoms with van der Waals surface area (Å²) in [5.74, 6) is -0.411. The van der Waals surface area contributed by atoms with Gasteiger partial charge in [0.1, 0.15) is 5.76 Å². The summed E-state index contributed by atoms with van der Waals surface area (Å²) >= 11 is 0. The molecule has 0 spiro atoms. The minimum Gasteiger partial charge on any atom is -1.00 e. The molecule has 0 saturated heterocycles. The van der Waals surface area contributed by atoms with Crippen LogP contribution in [-0.4, -0.2) is 11.6 Å². The third-order valence-corrected chi connectivity index (χ3v) is 4.16. The third-order valence-electron chi connectivity index (χ3n) is 4.16. The average molecular weight is 300 g/mol. The van der Waals surface area contributed by atoms with Crippen molar-refractivity contribution in [3.63, 3.8) is 0 Å². The Morgan fingerprint density at radius 2 is 1.59 bits per heavy atom. The molecule has 0 saturated carbocycles. The summed E-state index contributed by atoms with van der Waals surface area (Å²) in [6.07, 6.45) is 1.53. The van der Waals surface area contributed by atoms with E-state index in [0.717, 1.165) is 16.3 Å². The van der Waals surface area contributed by atoms with E-state index in [4.69, 9.17) is 4.42 Å². The molecule has 104 valence electrons. The number of rotatable bonds is 0. The molecule has 1 aliphatic carbocycles. The number of aryl methyl sites for hydroxylation is 2. The Morgan fingerprint density at radius 1 is 0.864 bits per heavy atom. The molecule has 0 aliphatic heterocycles. The van der Waals surface area contributed by atoms with Crippen LogP contribution in [0.3, 0.4) is 0 Å². The van der Waals surface area contributed by atoms with Crippen molar-refractivity contribution in [3.05, 3.63) is 58.8 Å². The average Bonchev–Trinajstić information content (AvgIpc) is 2.86. The second kappa shape index (κ2) is 5.20. The Hall–Kier alpha value is -1.68. The van der Waals surface area contributed by atoms with Crippen molar-refractivity contribution in [1.29, 1.82) is 0 Å². The van der Waals surface area contributed by atoms with Gasteiger partial charge in [0.25, 0.3) is 0 Å². The van der Waals surface area contributed by atoms with E-state index in [0.29, 0.717) is 28.0 Å². The van der Waals surface area contributed by atoms with Gasteiger partial charge in [0.15, 0.2) is 0 Å². The molecule has 0 fully saturated rings. The van der Waals surface area contributed by atoms with Crippen molar-refractivity contribution in [2.75, 3.05) is 0 Å². The largest absolute Gasteiger partial charge is 1.00 e. The van der Waals surface area contributed by atoms with E-state index in [2.05, 4.69) is 0 Å². The zero-order valence-electron chi connectivity index (χ0n) is 13.7. The fraction of sp³-hybridized carbons (Fsp3) is 0.111. The van der Waals surface area contributed by atoms with E-state index < -0.39 is 11.6 Å². The summed E-state index contributed by atoms with van der Waals surface area (Å²) in [6.45, 7) is 3.77. The Balaban J connectivity index is 0.000000960. The molecule has 2 aromatic carbocycles. The first kappa shape index (κ1) is 15.2. The topological polar surface area (TPSA) is 47.3 Å². The van der Waals surface area contributed by atoms with Gasteiger partial charge >= 0.3 is 29.6 Å². The number of furan rings is 1. The molecule has 0 unspecified atom stereocenters. The van der Waals surface area contributed by atoms with E-state index in [1.165, 1.54) is 6.26 Å². The fourth-order valence-electron chi connectivity index (χ4n) is 3.10. The quantitative estimate of drug-likeness (QED) is 0.463. The second-order valence-electron chi connectivity index (χ2n) is 5.44. The standard InChI is InChI=1S/C18H12O3.Na.H/c1-9-4-3-5-12-11(9)6-7-13-15(12)17(20)16(19)14-10(2)8-21-18(13)14;;/h3-8H,1-2H3;;/q;+1;-1. The molecule has 3 nitrogen and oxygen atoms in total. The van der Waals surface area contributed by atoms with Gasteiger partial charge in [0.05, 0.1) is 11.8 Å². The van der Waals surface area contributed by atoms with Gasteiger partial charge in [-0.05, 0) is 41.8 Å². The van der Waals surface area contributed by atoms with Crippen molar-refractivity contribution >= 4 is 22.3 Å². The first-order chi connectivity index (χ1) is 10.1. The van der Waals surface area contributed by atoms with Gasteiger partial charge in [-0.15, -0.1) is 0 Å². The van der Waals surface area contributed by atoms with E-state index in [1.807, 2.05) is 37.3 Å². The molecule has 4 rings (SSSR count). The van der Waals surface area contributed by atoms with Crippen LogP contribution < -0.4 is 29.6 Å². The van der Waals surface area contributed by atoms with Crippen molar-refractivity contribution in [2.24, 2.45) is 0 Å². The van der Waals surface area contributed by atoms with E-state index in [-0.39, 0.29) is 31.0 Å². The Bertz CT molecular complexity index is 956. The van der Waals surface area contributed by atoms with Gasteiger partial charge in [-0.1, -0.05) is 24.3 Å². The second-order valence-corrected chi connectivity index (χ2v) is 5.44. The van der Waals surface area contributed by atoms with Gasteiger partial charge in [-0.2, -0.15) is 0 Å². The minimum atomic E-state index is -0.474. The van der Waals surface area contributed by atoms with Gasteiger partial charge in [0, 0.05) is 11.1 Å². The normalized spacial score (nSPS) is 12.8. The van der Waals surface area contributed by atoms with Crippen LogP contribution in [0, 0.1) is 13.8 Å². The first-order valence-electron chi connectivity index (χ1n) is 6.79. The number of carbonyl (C=O) groups is 2. The number of hydrogen-bond donors (Lipinski definition) is 0. The fourth-order valence-corrected chi connectivity index (χ4v) is 3.10. The maximum Gasteiger partial charge on any atom is 1.00 e. The van der Waals surface area contributed by atoms with Crippen molar-refractivity contribution in [3.8, 4) is 11.3 Å². The smallest absolute Gasteiger partial charge is 1.00 e. The molecular weight excluding hydrogens is 287 g/mol. The molecule has 4 heteroatoms. The molecule has 0 radical (unpaired) electrons. The zero-order chi connectivity index (χ0) is 14.7. The number of hydrogen-bond acceptors (Lipinski definition) is 3. The molecular formula is C18H13NaO3. The molecule has 1 aromatic heterocycles. The first-order valence-corrected chi connectivity index (χ1v) is 6.79. The van der Waals surface area contributed by atoms with Crippen LogP contribution in [-0.2, 0) is 0 Å².